The fourth-order valence-corrected chi connectivity index (χ4v) is 2.98. The Labute approximate surface area is 115 Å². The number of benzene rings is 2. The van der Waals surface area contributed by atoms with Crippen molar-refractivity contribution in [2.75, 3.05) is 0 Å². The number of hydrogen-bond acceptors (Lipinski definition) is 0. The van der Waals surface area contributed by atoms with E-state index in [0.717, 1.165) is 6.42 Å². The molecule has 1 unspecified atom stereocenters. The van der Waals surface area contributed by atoms with Crippen LogP contribution < -0.4 is 0 Å². The van der Waals surface area contributed by atoms with Gasteiger partial charge in [0.25, 0.3) is 0 Å². The van der Waals surface area contributed by atoms with Gasteiger partial charge < -0.3 is 0 Å². The summed E-state index contributed by atoms with van der Waals surface area (Å²) in [4.78, 5) is 0. The van der Waals surface area contributed by atoms with Crippen LogP contribution in [0.4, 0.5) is 0 Å². The molecule has 0 spiro atoms. The van der Waals surface area contributed by atoms with Crippen LogP contribution in [0.3, 0.4) is 0 Å². The van der Waals surface area contributed by atoms with Gasteiger partial charge >= 0.3 is 0 Å². The second-order valence-electron chi connectivity index (χ2n) is 3.68. The molecule has 0 saturated heterocycles. The first-order valence-corrected chi connectivity index (χ1v) is 6.71. The van der Waals surface area contributed by atoms with Gasteiger partial charge in [-0.1, -0.05) is 48.5 Å². The molecule has 0 nitrogen and oxygen atoms in total. The van der Waals surface area contributed by atoms with Crippen LogP contribution in [-0.2, 0) is 6.42 Å². The van der Waals surface area contributed by atoms with E-state index in [1.165, 1.54) is 14.7 Å². The van der Waals surface area contributed by atoms with Gasteiger partial charge in [-0.2, -0.15) is 0 Å². The zero-order chi connectivity index (χ0) is 11.4. The van der Waals surface area contributed by atoms with Crippen LogP contribution in [0, 0.1) is 3.57 Å². The van der Waals surface area contributed by atoms with Crippen molar-refractivity contribution in [3.8, 4) is 0 Å². The van der Waals surface area contributed by atoms with Gasteiger partial charge in [-0.3, -0.25) is 0 Å². The summed E-state index contributed by atoms with van der Waals surface area (Å²) in [7, 11) is 0. The quantitative estimate of drug-likeness (QED) is 0.554. The molecule has 2 rings (SSSR count). The summed E-state index contributed by atoms with van der Waals surface area (Å²) in [5, 5.41) is 0.0514. The maximum atomic E-state index is 6.44. The maximum Gasteiger partial charge on any atom is 0.0635 e. The summed E-state index contributed by atoms with van der Waals surface area (Å²) >= 11 is 8.78. The summed E-state index contributed by atoms with van der Waals surface area (Å²) in [6.45, 7) is 0. The fourth-order valence-electron chi connectivity index (χ4n) is 1.66. The SMILES string of the molecule is ClC(Cc1ccccc1)c1ccccc1I. The highest BCUT2D eigenvalue weighted by Gasteiger charge is 2.11. The highest BCUT2D eigenvalue weighted by Crippen LogP contribution is 2.28. The molecule has 0 saturated carbocycles. The van der Waals surface area contributed by atoms with Crippen molar-refractivity contribution in [3.63, 3.8) is 0 Å². The summed E-state index contributed by atoms with van der Waals surface area (Å²) in [6, 6.07) is 18.6. The standard InChI is InChI=1S/C14H12ClI/c15-13(10-11-6-2-1-3-7-11)12-8-4-5-9-14(12)16/h1-9,13H,10H2. The Morgan fingerprint density at radius 1 is 0.938 bits per heavy atom. The van der Waals surface area contributed by atoms with Crippen molar-refractivity contribution < 1.29 is 0 Å². The second-order valence-corrected chi connectivity index (χ2v) is 5.37. The van der Waals surface area contributed by atoms with Crippen LogP contribution in [0.2, 0.25) is 0 Å². The third-order valence-corrected chi connectivity index (χ3v) is 3.87. The van der Waals surface area contributed by atoms with Crippen LogP contribution in [0.1, 0.15) is 16.5 Å². The monoisotopic (exact) mass is 342 g/mol. The molecule has 0 fully saturated rings. The highest BCUT2D eigenvalue weighted by atomic mass is 127. The predicted octanol–water partition coefficient (Wildman–Crippen LogP) is 4.81. The van der Waals surface area contributed by atoms with E-state index >= 15 is 0 Å². The van der Waals surface area contributed by atoms with Crippen molar-refractivity contribution >= 4 is 34.2 Å². The predicted molar refractivity (Wildman–Crippen MR) is 77.9 cm³/mol. The Morgan fingerprint density at radius 3 is 2.25 bits per heavy atom. The van der Waals surface area contributed by atoms with Gasteiger partial charge in [0.1, 0.15) is 0 Å². The average molecular weight is 343 g/mol. The van der Waals surface area contributed by atoms with Gasteiger partial charge in [-0.05, 0) is 46.2 Å². The lowest BCUT2D eigenvalue weighted by Crippen LogP contribution is -1.97. The third kappa shape index (κ3) is 2.98. The van der Waals surface area contributed by atoms with E-state index in [1.807, 2.05) is 18.2 Å². The van der Waals surface area contributed by atoms with Gasteiger partial charge in [0.05, 0.1) is 5.38 Å². The molecule has 0 aliphatic rings. The van der Waals surface area contributed by atoms with Crippen LogP contribution in [0.25, 0.3) is 0 Å². The Morgan fingerprint density at radius 2 is 1.56 bits per heavy atom. The molecular weight excluding hydrogens is 331 g/mol. The van der Waals surface area contributed by atoms with E-state index < -0.39 is 0 Å². The Kier molecular flexibility index (Phi) is 4.24. The molecule has 0 amide bonds. The Balaban J connectivity index is 2.15. The molecule has 16 heavy (non-hydrogen) atoms. The van der Waals surface area contributed by atoms with Gasteiger partial charge in [0.15, 0.2) is 0 Å². The molecule has 0 heterocycles. The normalized spacial score (nSPS) is 12.4. The van der Waals surface area contributed by atoms with E-state index in [0.29, 0.717) is 0 Å². The van der Waals surface area contributed by atoms with Crippen molar-refractivity contribution in [1.82, 2.24) is 0 Å². The molecule has 0 aromatic heterocycles. The van der Waals surface area contributed by atoms with Crippen molar-refractivity contribution in [2.24, 2.45) is 0 Å². The molecule has 2 aromatic rings. The van der Waals surface area contributed by atoms with Crippen molar-refractivity contribution in [1.29, 1.82) is 0 Å². The van der Waals surface area contributed by atoms with Crippen LogP contribution in [0.15, 0.2) is 54.6 Å². The van der Waals surface area contributed by atoms with Crippen molar-refractivity contribution in [3.05, 3.63) is 69.3 Å². The number of halogens is 2. The minimum Gasteiger partial charge on any atom is -0.117 e. The number of alkyl halides is 1. The van der Waals surface area contributed by atoms with E-state index in [-0.39, 0.29) is 5.38 Å². The van der Waals surface area contributed by atoms with Crippen LogP contribution in [-0.4, -0.2) is 0 Å². The van der Waals surface area contributed by atoms with E-state index in [4.69, 9.17) is 11.6 Å². The molecule has 2 aromatic carbocycles. The molecule has 0 aliphatic heterocycles. The topological polar surface area (TPSA) is 0 Å². The maximum absolute atomic E-state index is 6.44. The lowest BCUT2D eigenvalue weighted by molar-refractivity contribution is 0.914. The first-order valence-electron chi connectivity index (χ1n) is 5.20. The number of rotatable bonds is 3. The van der Waals surface area contributed by atoms with Crippen molar-refractivity contribution in [2.45, 2.75) is 11.8 Å². The Bertz CT molecular complexity index is 453. The molecule has 82 valence electrons. The van der Waals surface area contributed by atoms with E-state index in [2.05, 4.69) is 59.0 Å². The zero-order valence-corrected chi connectivity index (χ0v) is 11.6. The summed E-state index contributed by atoms with van der Waals surface area (Å²) in [5.41, 5.74) is 2.50. The molecule has 2 heteroatoms. The van der Waals surface area contributed by atoms with Crippen LogP contribution in [0.5, 0.6) is 0 Å². The molecule has 1 atom stereocenters. The zero-order valence-electron chi connectivity index (χ0n) is 8.74. The highest BCUT2D eigenvalue weighted by molar-refractivity contribution is 14.1. The second kappa shape index (κ2) is 5.69. The lowest BCUT2D eigenvalue weighted by atomic mass is 10.0. The van der Waals surface area contributed by atoms with Crippen LogP contribution >= 0.6 is 34.2 Å². The first kappa shape index (κ1) is 11.9. The third-order valence-electron chi connectivity index (χ3n) is 2.50. The molecule has 0 bridgehead atoms. The summed E-state index contributed by atoms with van der Waals surface area (Å²) < 4.78 is 1.23. The summed E-state index contributed by atoms with van der Waals surface area (Å²) in [5.74, 6) is 0. The molecular formula is C14H12ClI. The smallest absolute Gasteiger partial charge is 0.0635 e. The average Bonchev–Trinajstić information content (AvgIpc) is 2.31. The van der Waals surface area contributed by atoms with Gasteiger partial charge in [-0.15, -0.1) is 11.6 Å². The summed E-state index contributed by atoms with van der Waals surface area (Å²) in [6.07, 6.45) is 0.877. The van der Waals surface area contributed by atoms with Gasteiger partial charge in [0.2, 0.25) is 0 Å². The molecule has 0 aliphatic carbocycles. The largest absolute Gasteiger partial charge is 0.117 e. The van der Waals surface area contributed by atoms with Gasteiger partial charge in [0, 0.05) is 3.57 Å². The minimum atomic E-state index is 0.0514. The lowest BCUT2D eigenvalue weighted by Gasteiger charge is -2.11. The minimum absolute atomic E-state index is 0.0514. The fraction of sp³-hybridized carbons (Fsp3) is 0.143. The Hall–Kier alpha value is -0.540. The first-order chi connectivity index (χ1) is 7.77. The molecule has 0 radical (unpaired) electrons. The molecule has 0 N–H and O–H groups in total. The number of hydrogen-bond donors (Lipinski definition) is 0. The van der Waals surface area contributed by atoms with E-state index in [1.54, 1.807) is 0 Å². The van der Waals surface area contributed by atoms with Gasteiger partial charge in [-0.25, -0.2) is 0 Å². The van der Waals surface area contributed by atoms with E-state index in [9.17, 15) is 0 Å².